The van der Waals surface area contributed by atoms with Crippen molar-refractivity contribution in [3.05, 3.63) is 40.7 Å². The van der Waals surface area contributed by atoms with Crippen LogP contribution in [0.5, 0.6) is 0 Å². The van der Waals surface area contributed by atoms with Gasteiger partial charge in [0.2, 0.25) is 0 Å². The Morgan fingerprint density at radius 2 is 2.20 bits per heavy atom. The lowest BCUT2D eigenvalue weighted by atomic mass is 10.1. The summed E-state index contributed by atoms with van der Waals surface area (Å²) in [7, 11) is 0. The average Bonchev–Trinajstić information content (AvgIpc) is 2.46. The van der Waals surface area contributed by atoms with E-state index in [0.717, 1.165) is 24.0 Å². The maximum Gasteiger partial charge on any atom is 0.278 e. The van der Waals surface area contributed by atoms with Crippen molar-refractivity contribution in [2.75, 3.05) is 18.1 Å². The van der Waals surface area contributed by atoms with Gasteiger partial charge in [-0.1, -0.05) is 6.92 Å². The monoisotopic (exact) mass is 291 g/mol. The van der Waals surface area contributed by atoms with E-state index in [-0.39, 0.29) is 10.6 Å². The molecule has 1 heterocycles. The van der Waals surface area contributed by atoms with E-state index in [1.165, 1.54) is 6.07 Å². The van der Waals surface area contributed by atoms with Crippen molar-refractivity contribution < 1.29 is 4.92 Å². The van der Waals surface area contributed by atoms with Crippen molar-refractivity contribution in [3.8, 4) is 0 Å². The van der Waals surface area contributed by atoms with Gasteiger partial charge in [0.05, 0.1) is 10.3 Å². The molecule has 0 fully saturated rings. The van der Waals surface area contributed by atoms with Crippen LogP contribution in [0.4, 0.5) is 11.4 Å². The lowest BCUT2D eigenvalue weighted by Gasteiger charge is -2.12. The number of non-ortho nitro benzene ring substituents is 1. The van der Waals surface area contributed by atoms with Crippen molar-refractivity contribution in [3.63, 3.8) is 0 Å². The van der Waals surface area contributed by atoms with Crippen molar-refractivity contribution >= 4 is 33.9 Å². The highest BCUT2D eigenvalue weighted by Gasteiger charge is 2.14. The van der Waals surface area contributed by atoms with Gasteiger partial charge >= 0.3 is 0 Å². The molecule has 0 aliphatic heterocycles. The Morgan fingerprint density at radius 3 is 2.90 bits per heavy atom. The Labute approximate surface area is 121 Å². The molecule has 1 unspecified atom stereocenters. The zero-order valence-corrected chi connectivity index (χ0v) is 12.3. The number of thioether (sulfide) groups is 1. The summed E-state index contributed by atoms with van der Waals surface area (Å²) in [5.74, 6) is 0. The summed E-state index contributed by atoms with van der Waals surface area (Å²) in [6, 6.07) is 5.11. The van der Waals surface area contributed by atoms with Crippen LogP contribution in [-0.2, 0) is 0 Å². The summed E-state index contributed by atoms with van der Waals surface area (Å²) in [6.07, 6.45) is 6.34. The van der Waals surface area contributed by atoms with Gasteiger partial charge in [-0.25, -0.2) is 0 Å². The number of hydrogen-bond donors (Lipinski definition) is 1. The molecule has 1 aromatic heterocycles. The molecule has 0 saturated heterocycles. The SMILES string of the molecule is CSC(C)CCNc1ccc([N+](=O)[O-])c2cnccc12. The average molecular weight is 291 g/mol. The highest BCUT2D eigenvalue weighted by Crippen LogP contribution is 2.30. The zero-order valence-electron chi connectivity index (χ0n) is 11.5. The van der Waals surface area contributed by atoms with E-state index in [1.54, 1.807) is 18.5 Å². The fraction of sp³-hybridized carbons (Fsp3) is 0.357. The number of fused-ring (bicyclic) bond motifs is 1. The Kier molecular flexibility index (Phi) is 4.79. The maximum absolute atomic E-state index is 11.0. The summed E-state index contributed by atoms with van der Waals surface area (Å²) < 4.78 is 0. The van der Waals surface area contributed by atoms with Gasteiger partial charge in [-0.2, -0.15) is 11.8 Å². The molecule has 6 heteroatoms. The van der Waals surface area contributed by atoms with Crippen LogP contribution in [0, 0.1) is 10.1 Å². The van der Waals surface area contributed by atoms with Crippen molar-refractivity contribution in [1.82, 2.24) is 4.98 Å². The number of nitrogens with one attached hydrogen (secondary N) is 1. The summed E-state index contributed by atoms with van der Waals surface area (Å²) in [4.78, 5) is 14.6. The number of anilines is 1. The Bertz CT molecular complexity index is 618. The number of rotatable bonds is 6. The van der Waals surface area contributed by atoms with Crippen LogP contribution in [-0.4, -0.2) is 28.0 Å². The number of pyridine rings is 1. The molecule has 0 bridgehead atoms. The van der Waals surface area contributed by atoms with Gasteiger partial charge in [0.25, 0.3) is 5.69 Å². The van der Waals surface area contributed by atoms with Gasteiger partial charge < -0.3 is 5.32 Å². The predicted molar refractivity (Wildman–Crippen MR) is 84.5 cm³/mol. The van der Waals surface area contributed by atoms with Crippen LogP contribution >= 0.6 is 11.8 Å². The molecule has 5 nitrogen and oxygen atoms in total. The summed E-state index contributed by atoms with van der Waals surface area (Å²) in [5, 5.41) is 16.4. The Morgan fingerprint density at radius 1 is 1.40 bits per heavy atom. The third kappa shape index (κ3) is 3.19. The maximum atomic E-state index is 11.0. The topological polar surface area (TPSA) is 68.1 Å². The molecule has 1 N–H and O–H groups in total. The van der Waals surface area contributed by atoms with E-state index in [0.29, 0.717) is 10.6 Å². The second-order valence-corrected chi connectivity index (χ2v) is 5.85. The predicted octanol–water partition coefficient (Wildman–Crippen LogP) is 3.70. The molecule has 106 valence electrons. The van der Waals surface area contributed by atoms with Gasteiger partial charge in [0.15, 0.2) is 0 Å². The quantitative estimate of drug-likeness (QED) is 0.649. The van der Waals surface area contributed by atoms with Crippen LogP contribution in [0.15, 0.2) is 30.6 Å². The number of benzene rings is 1. The van der Waals surface area contributed by atoms with Crippen LogP contribution in [0.3, 0.4) is 0 Å². The van der Waals surface area contributed by atoms with Crippen molar-refractivity contribution in [2.24, 2.45) is 0 Å². The second kappa shape index (κ2) is 6.56. The first-order chi connectivity index (χ1) is 9.63. The lowest BCUT2D eigenvalue weighted by molar-refractivity contribution is -0.383. The standard InChI is InChI=1S/C14H17N3O2S/c1-10(20-2)5-8-16-13-3-4-14(17(18)19)12-9-15-7-6-11(12)13/h3-4,6-7,9-10,16H,5,8H2,1-2H3. The third-order valence-electron chi connectivity index (χ3n) is 3.26. The lowest BCUT2D eigenvalue weighted by Crippen LogP contribution is -2.08. The highest BCUT2D eigenvalue weighted by atomic mass is 32.2. The van der Waals surface area contributed by atoms with Crippen molar-refractivity contribution in [2.45, 2.75) is 18.6 Å². The number of nitro groups is 1. The van der Waals surface area contributed by atoms with Gasteiger partial charge in [-0.3, -0.25) is 15.1 Å². The minimum absolute atomic E-state index is 0.0936. The number of nitro benzene ring substituents is 1. The van der Waals surface area contributed by atoms with Crippen LogP contribution in [0.2, 0.25) is 0 Å². The molecule has 20 heavy (non-hydrogen) atoms. The molecule has 0 saturated carbocycles. The van der Waals surface area contributed by atoms with Crippen LogP contribution in [0.1, 0.15) is 13.3 Å². The molecule has 0 amide bonds. The Balaban J connectivity index is 2.27. The minimum atomic E-state index is -0.371. The molecule has 0 spiro atoms. The fourth-order valence-corrected chi connectivity index (χ4v) is 2.37. The first-order valence-electron chi connectivity index (χ1n) is 6.41. The molecule has 2 aromatic rings. The fourth-order valence-electron chi connectivity index (χ4n) is 2.02. The molecule has 0 radical (unpaired) electrons. The summed E-state index contributed by atoms with van der Waals surface area (Å²) in [5.41, 5.74) is 1.01. The molecule has 0 aliphatic rings. The van der Waals surface area contributed by atoms with Gasteiger partial charge in [0.1, 0.15) is 0 Å². The van der Waals surface area contributed by atoms with Crippen LogP contribution in [0.25, 0.3) is 10.8 Å². The second-order valence-electron chi connectivity index (χ2n) is 4.57. The highest BCUT2D eigenvalue weighted by molar-refractivity contribution is 7.99. The summed E-state index contributed by atoms with van der Waals surface area (Å²) in [6.45, 7) is 3.03. The van der Waals surface area contributed by atoms with Crippen LogP contribution < -0.4 is 5.32 Å². The Hall–Kier alpha value is -1.82. The van der Waals surface area contributed by atoms with E-state index in [1.807, 2.05) is 17.8 Å². The third-order valence-corrected chi connectivity index (χ3v) is 4.30. The molecular formula is C14H17N3O2S. The van der Waals surface area contributed by atoms with E-state index in [2.05, 4.69) is 23.5 Å². The van der Waals surface area contributed by atoms with Gasteiger partial charge in [-0.15, -0.1) is 0 Å². The largest absolute Gasteiger partial charge is 0.384 e. The molecule has 1 aromatic carbocycles. The van der Waals surface area contributed by atoms with E-state index in [4.69, 9.17) is 0 Å². The molecule has 1 atom stereocenters. The van der Waals surface area contributed by atoms with E-state index in [9.17, 15) is 10.1 Å². The number of aromatic nitrogens is 1. The smallest absolute Gasteiger partial charge is 0.278 e. The number of nitrogens with zero attached hydrogens (tertiary/aromatic N) is 2. The molecular weight excluding hydrogens is 274 g/mol. The van der Waals surface area contributed by atoms with E-state index >= 15 is 0 Å². The first kappa shape index (κ1) is 14.6. The zero-order chi connectivity index (χ0) is 14.5. The molecule has 0 aliphatic carbocycles. The molecule has 2 rings (SSSR count). The van der Waals surface area contributed by atoms with E-state index < -0.39 is 0 Å². The number of hydrogen-bond acceptors (Lipinski definition) is 5. The normalized spacial score (nSPS) is 12.3. The summed E-state index contributed by atoms with van der Waals surface area (Å²) >= 11 is 1.83. The first-order valence-corrected chi connectivity index (χ1v) is 7.70. The van der Waals surface area contributed by atoms with Crippen molar-refractivity contribution in [1.29, 1.82) is 0 Å². The minimum Gasteiger partial charge on any atom is -0.384 e. The van der Waals surface area contributed by atoms with Gasteiger partial charge in [0, 0.05) is 41.3 Å². The van der Waals surface area contributed by atoms with Gasteiger partial charge in [-0.05, 0) is 24.8 Å².